The molecular formula is C25H40N4O6. The van der Waals surface area contributed by atoms with Gasteiger partial charge in [-0.25, -0.2) is 4.79 Å². The van der Waals surface area contributed by atoms with Crippen molar-refractivity contribution in [3.05, 3.63) is 35.9 Å². The second-order valence-electron chi connectivity index (χ2n) is 9.74. The standard InChI is InChI=1S/C25H40N4O6/c1-14(2)11-18(28-24(33)21(26)16(5)30)22(31)27-19(13-17-9-7-6-8-10-17)23(32)29-20(25(34)35)12-15(3)4/h6-10,14-16,18-21,30H,11-13,26H2,1-5H3,(H,27,31)(H,28,33)(H,29,32)(H,34,35)/t16-,18+,19+,20+,21+/m1/s1. The lowest BCUT2D eigenvalue weighted by Crippen LogP contribution is -2.58. The summed E-state index contributed by atoms with van der Waals surface area (Å²) in [5.41, 5.74) is 6.47. The minimum Gasteiger partial charge on any atom is -0.480 e. The maximum Gasteiger partial charge on any atom is 0.326 e. The van der Waals surface area contributed by atoms with Crippen molar-refractivity contribution in [1.29, 1.82) is 0 Å². The number of aliphatic carboxylic acids is 1. The van der Waals surface area contributed by atoms with Crippen molar-refractivity contribution in [2.24, 2.45) is 17.6 Å². The summed E-state index contributed by atoms with van der Waals surface area (Å²) in [6.07, 6.45) is -0.476. The average Bonchev–Trinajstić information content (AvgIpc) is 2.76. The van der Waals surface area contributed by atoms with Crippen LogP contribution in [0.4, 0.5) is 0 Å². The van der Waals surface area contributed by atoms with Crippen molar-refractivity contribution in [3.63, 3.8) is 0 Å². The minimum absolute atomic E-state index is 0.0256. The number of aliphatic hydroxyl groups excluding tert-OH is 1. The first kappa shape index (κ1) is 30.1. The van der Waals surface area contributed by atoms with Gasteiger partial charge in [0.2, 0.25) is 17.7 Å². The molecule has 7 N–H and O–H groups in total. The predicted molar refractivity (Wildman–Crippen MR) is 132 cm³/mol. The molecule has 5 atom stereocenters. The van der Waals surface area contributed by atoms with Crippen LogP contribution in [0.15, 0.2) is 30.3 Å². The molecule has 35 heavy (non-hydrogen) atoms. The van der Waals surface area contributed by atoms with Crippen LogP contribution >= 0.6 is 0 Å². The number of aliphatic hydroxyl groups is 1. The Morgan fingerprint density at radius 1 is 0.771 bits per heavy atom. The molecular weight excluding hydrogens is 452 g/mol. The van der Waals surface area contributed by atoms with Gasteiger partial charge in [-0.3, -0.25) is 14.4 Å². The number of amides is 3. The number of carboxylic acid groups (broad SMARTS) is 1. The molecule has 1 rings (SSSR count). The molecule has 0 aromatic heterocycles. The summed E-state index contributed by atoms with van der Waals surface area (Å²) in [7, 11) is 0. The van der Waals surface area contributed by atoms with E-state index in [1.54, 1.807) is 24.3 Å². The molecule has 10 nitrogen and oxygen atoms in total. The zero-order valence-electron chi connectivity index (χ0n) is 21.2. The second-order valence-corrected chi connectivity index (χ2v) is 9.74. The Morgan fingerprint density at radius 3 is 1.71 bits per heavy atom. The summed E-state index contributed by atoms with van der Waals surface area (Å²) < 4.78 is 0. The lowest BCUT2D eigenvalue weighted by molar-refractivity contribution is -0.142. The molecule has 0 fully saturated rings. The zero-order valence-corrected chi connectivity index (χ0v) is 21.2. The Balaban J connectivity index is 3.13. The highest BCUT2D eigenvalue weighted by atomic mass is 16.4. The normalized spacial score (nSPS) is 15.6. The van der Waals surface area contributed by atoms with Crippen LogP contribution in [0.2, 0.25) is 0 Å². The van der Waals surface area contributed by atoms with E-state index in [1.165, 1.54) is 6.92 Å². The van der Waals surface area contributed by atoms with Gasteiger partial charge >= 0.3 is 5.97 Å². The van der Waals surface area contributed by atoms with E-state index in [0.29, 0.717) is 0 Å². The Bertz CT molecular complexity index is 844. The van der Waals surface area contributed by atoms with E-state index in [2.05, 4.69) is 16.0 Å². The first-order valence-electron chi connectivity index (χ1n) is 11.9. The fourth-order valence-electron chi connectivity index (χ4n) is 3.49. The number of nitrogens with one attached hydrogen (secondary N) is 3. The maximum absolute atomic E-state index is 13.2. The first-order valence-corrected chi connectivity index (χ1v) is 11.9. The van der Waals surface area contributed by atoms with Crippen molar-refractivity contribution >= 4 is 23.7 Å². The highest BCUT2D eigenvalue weighted by Crippen LogP contribution is 2.10. The molecule has 0 spiro atoms. The van der Waals surface area contributed by atoms with Crippen molar-refractivity contribution < 1.29 is 29.4 Å². The summed E-state index contributed by atoms with van der Waals surface area (Å²) in [5.74, 6) is -3.02. The van der Waals surface area contributed by atoms with E-state index in [9.17, 15) is 29.4 Å². The van der Waals surface area contributed by atoms with Crippen LogP contribution in [-0.2, 0) is 25.6 Å². The van der Waals surface area contributed by atoms with Crippen molar-refractivity contribution in [3.8, 4) is 0 Å². The first-order chi connectivity index (χ1) is 16.3. The van der Waals surface area contributed by atoms with Gasteiger partial charge in [-0.05, 0) is 37.2 Å². The number of carbonyl (C=O) groups excluding carboxylic acids is 3. The van der Waals surface area contributed by atoms with E-state index in [1.807, 2.05) is 33.8 Å². The fourth-order valence-corrected chi connectivity index (χ4v) is 3.49. The molecule has 0 aliphatic rings. The van der Waals surface area contributed by atoms with Gasteiger partial charge < -0.3 is 31.9 Å². The molecule has 0 bridgehead atoms. The monoisotopic (exact) mass is 492 g/mol. The van der Waals surface area contributed by atoms with E-state index in [4.69, 9.17) is 5.73 Å². The lowest BCUT2D eigenvalue weighted by Gasteiger charge is -2.26. The molecule has 1 aromatic rings. The summed E-state index contributed by atoms with van der Waals surface area (Å²) in [5, 5.41) is 26.9. The molecule has 0 aliphatic carbocycles. The topological polar surface area (TPSA) is 171 Å². The van der Waals surface area contributed by atoms with Crippen LogP contribution in [0.5, 0.6) is 0 Å². The van der Waals surface area contributed by atoms with Gasteiger partial charge in [-0.2, -0.15) is 0 Å². The predicted octanol–water partition coefficient (Wildman–Crippen LogP) is 0.568. The molecule has 0 unspecified atom stereocenters. The highest BCUT2D eigenvalue weighted by Gasteiger charge is 2.31. The molecule has 3 amide bonds. The second kappa shape index (κ2) is 14.4. The highest BCUT2D eigenvalue weighted by molar-refractivity contribution is 5.94. The summed E-state index contributed by atoms with van der Waals surface area (Å²) in [6.45, 7) is 8.82. The number of hydrogen-bond acceptors (Lipinski definition) is 6. The van der Waals surface area contributed by atoms with Gasteiger partial charge in [-0.15, -0.1) is 0 Å². The summed E-state index contributed by atoms with van der Waals surface area (Å²) in [6, 6.07) is 4.62. The summed E-state index contributed by atoms with van der Waals surface area (Å²) >= 11 is 0. The molecule has 0 heterocycles. The molecule has 196 valence electrons. The van der Waals surface area contributed by atoms with Gasteiger partial charge in [0.25, 0.3) is 0 Å². The maximum atomic E-state index is 13.2. The quantitative estimate of drug-likeness (QED) is 0.220. The molecule has 0 radical (unpaired) electrons. The SMILES string of the molecule is CC(C)C[C@H](NC(=O)[C@H](Cc1ccccc1)NC(=O)[C@H](CC(C)C)NC(=O)[C@@H](N)[C@@H](C)O)C(=O)O. The van der Waals surface area contributed by atoms with Crippen LogP contribution in [0.3, 0.4) is 0 Å². The number of carbonyl (C=O) groups is 4. The van der Waals surface area contributed by atoms with Gasteiger partial charge in [-0.1, -0.05) is 58.0 Å². The fraction of sp³-hybridized carbons (Fsp3) is 0.600. The number of rotatable bonds is 14. The van der Waals surface area contributed by atoms with Crippen molar-refractivity contribution in [2.75, 3.05) is 0 Å². The Hall–Kier alpha value is -2.98. The number of nitrogens with two attached hydrogens (primary N) is 1. The number of hydrogen-bond donors (Lipinski definition) is 6. The Labute approximate surface area is 207 Å². The molecule has 1 aromatic carbocycles. The van der Waals surface area contributed by atoms with Crippen LogP contribution in [-0.4, -0.2) is 64.2 Å². The van der Waals surface area contributed by atoms with E-state index < -0.39 is 54.0 Å². The Kier molecular flexibility index (Phi) is 12.4. The van der Waals surface area contributed by atoms with Gasteiger partial charge in [0.1, 0.15) is 24.2 Å². The smallest absolute Gasteiger partial charge is 0.326 e. The molecule has 0 saturated heterocycles. The van der Waals surface area contributed by atoms with Gasteiger partial charge in [0.05, 0.1) is 6.10 Å². The zero-order chi connectivity index (χ0) is 26.7. The lowest BCUT2D eigenvalue weighted by atomic mass is 9.99. The molecule has 0 aliphatic heterocycles. The van der Waals surface area contributed by atoms with E-state index in [-0.39, 0.29) is 31.1 Å². The van der Waals surface area contributed by atoms with Crippen LogP contribution in [0.25, 0.3) is 0 Å². The summed E-state index contributed by atoms with van der Waals surface area (Å²) in [4.78, 5) is 50.4. The largest absolute Gasteiger partial charge is 0.480 e. The number of carboxylic acids is 1. The van der Waals surface area contributed by atoms with Gasteiger partial charge in [0.15, 0.2) is 0 Å². The van der Waals surface area contributed by atoms with Crippen LogP contribution < -0.4 is 21.7 Å². The molecule has 10 heteroatoms. The average molecular weight is 493 g/mol. The Morgan fingerprint density at radius 2 is 1.23 bits per heavy atom. The van der Waals surface area contributed by atoms with Crippen molar-refractivity contribution in [2.45, 2.75) is 84.2 Å². The van der Waals surface area contributed by atoms with Crippen LogP contribution in [0.1, 0.15) is 53.0 Å². The van der Waals surface area contributed by atoms with E-state index in [0.717, 1.165) is 5.56 Å². The van der Waals surface area contributed by atoms with E-state index >= 15 is 0 Å². The molecule has 0 saturated carbocycles. The third-order valence-electron chi connectivity index (χ3n) is 5.40. The van der Waals surface area contributed by atoms with Crippen LogP contribution in [0, 0.1) is 11.8 Å². The third kappa shape index (κ3) is 10.9. The third-order valence-corrected chi connectivity index (χ3v) is 5.40. The van der Waals surface area contributed by atoms with Gasteiger partial charge in [0, 0.05) is 6.42 Å². The van der Waals surface area contributed by atoms with Crippen molar-refractivity contribution in [1.82, 2.24) is 16.0 Å². The minimum atomic E-state index is -1.21. The number of benzene rings is 1.